The van der Waals surface area contributed by atoms with Crippen LogP contribution < -0.4 is 5.43 Å². The summed E-state index contributed by atoms with van der Waals surface area (Å²) in [6, 6.07) is 14.1. The second kappa shape index (κ2) is 6.13. The fourth-order valence-electron chi connectivity index (χ4n) is 2.67. The standard InChI is InChI=1S/C19H15BrFNO/c1-11-17(19(23)18(20)12(2)22-11)15-5-3-13(4-6-15)14-7-9-16(21)10-8-14/h3-10H,1-2H3,(H,22,23). The molecule has 0 fully saturated rings. The molecule has 1 heterocycles. The SMILES string of the molecule is Cc1[nH]c(C)c(-c2ccc(-c3ccc(F)cc3)cc2)c(=O)c1Br. The monoisotopic (exact) mass is 371 g/mol. The van der Waals surface area contributed by atoms with Gasteiger partial charge in [-0.1, -0.05) is 36.4 Å². The minimum Gasteiger partial charge on any atom is -0.361 e. The van der Waals surface area contributed by atoms with Crippen molar-refractivity contribution in [1.29, 1.82) is 0 Å². The van der Waals surface area contributed by atoms with Gasteiger partial charge in [0.25, 0.3) is 0 Å². The number of hydrogen-bond donors (Lipinski definition) is 1. The molecule has 2 aromatic carbocycles. The van der Waals surface area contributed by atoms with Crippen LogP contribution >= 0.6 is 15.9 Å². The van der Waals surface area contributed by atoms with Crippen LogP contribution in [-0.2, 0) is 0 Å². The van der Waals surface area contributed by atoms with Gasteiger partial charge in [-0.25, -0.2) is 4.39 Å². The van der Waals surface area contributed by atoms with Gasteiger partial charge in [-0.2, -0.15) is 0 Å². The highest BCUT2D eigenvalue weighted by Gasteiger charge is 2.12. The molecule has 23 heavy (non-hydrogen) atoms. The van der Waals surface area contributed by atoms with Gasteiger partial charge in [0, 0.05) is 17.0 Å². The van der Waals surface area contributed by atoms with Crippen LogP contribution in [0.15, 0.2) is 57.8 Å². The molecule has 0 aliphatic rings. The molecule has 0 unspecified atom stereocenters. The summed E-state index contributed by atoms with van der Waals surface area (Å²) in [4.78, 5) is 15.7. The number of pyridine rings is 1. The lowest BCUT2D eigenvalue weighted by Crippen LogP contribution is -2.11. The van der Waals surface area contributed by atoms with E-state index >= 15 is 0 Å². The third-order valence-electron chi connectivity index (χ3n) is 3.86. The second-order valence-corrected chi connectivity index (χ2v) is 6.27. The molecule has 4 heteroatoms. The number of hydrogen-bond acceptors (Lipinski definition) is 1. The lowest BCUT2D eigenvalue weighted by molar-refractivity contribution is 0.628. The smallest absolute Gasteiger partial charge is 0.204 e. The predicted octanol–water partition coefficient (Wildman–Crippen LogP) is 5.23. The first-order chi connectivity index (χ1) is 11.0. The van der Waals surface area contributed by atoms with Crippen LogP contribution in [0.5, 0.6) is 0 Å². The van der Waals surface area contributed by atoms with Gasteiger partial charge in [0.1, 0.15) is 5.82 Å². The molecule has 0 aliphatic carbocycles. The molecule has 0 amide bonds. The van der Waals surface area contributed by atoms with E-state index in [0.29, 0.717) is 10.0 Å². The van der Waals surface area contributed by atoms with Gasteiger partial charge in [0.05, 0.1) is 4.47 Å². The van der Waals surface area contributed by atoms with Crippen molar-refractivity contribution in [1.82, 2.24) is 4.98 Å². The summed E-state index contributed by atoms with van der Waals surface area (Å²) >= 11 is 3.34. The number of benzene rings is 2. The Morgan fingerprint density at radius 3 is 1.87 bits per heavy atom. The zero-order chi connectivity index (χ0) is 16.6. The van der Waals surface area contributed by atoms with Gasteiger partial charge < -0.3 is 4.98 Å². The fourth-order valence-corrected chi connectivity index (χ4v) is 2.97. The number of nitrogens with one attached hydrogen (secondary N) is 1. The van der Waals surface area contributed by atoms with Gasteiger partial charge in [0.15, 0.2) is 0 Å². The third kappa shape index (κ3) is 2.99. The van der Waals surface area contributed by atoms with Crippen molar-refractivity contribution >= 4 is 15.9 Å². The minimum atomic E-state index is -0.253. The summed E-state index contributed by atoms with van der Waals surface area (Å²) in [5, 5.41) is 0. The van der Waals surface area contributed by atoms with Crippen LogP contribution in [0.2, 0.25) is 0 Å². The van der Waals surface area contributed by atoms with E-state index in [1.807, 2.05) is 38.1 Å². The van der Waals surface area contributed by atoms with Crippen molar-refractivity contribution in [2.45, 2.75) is 13.8 Å². The zero-order valence-corrected chi connectivity index (χ0v) is 14.4. The Labute approximate surface area is 142 Å². The summed E-state index contributed by atoms with van der Waals surface area (Å²) in [5.41, 5.74) is 5.07. The molecule has 0 atom stereocenters. The Morgan fingerprint density at radius 1 is 0.826 bits per heavy atom. The van der Waals surface area contributed by atoms with E-state index in [2.05, 4.69) is 20.9 Å². The van der Waals surface area contributed by atoms with Crippen LogP contribution in [0.3, 0.4) is 0 Å². The molecule has 116 valence electrons. The Balaban J connectivity index is 2.05. The summed E-state index contributed by atoms with van der Waals surface area (Å²) in [7, 11) is 0. The molecular formula is C19H15BrFNO. The summed E-state index contributed by atoms with van der Waals surface area (Å²) in [6.07, 6.45) is 0. The molecule has 0 spiro atoms. The van der Waals surface area contributed by atoms with Crippen LogP contribution in [0.1, 0.15) is 11.4 Å². The van der Waals surface area contributed by atoms with Crippen molar-refractivity contribution < 1.29 is 4.39 Å². The normalized spacial score (nSPS) is 10.8. The number of aromatic nitrogens is 1. The molecule has 3 rings (SSSR count). The van der Waals surface area contributed by atoms with E-state index in [-0.39, 0.29) is 11.2 Å². The highest BCUT2D eigenvalue weighted by atomic mass is 79.9. The first-order valence-corrected chi connectivity index (χ1v) is 8.02. The van der Waals surface area contributed by atoms with Crippen molar-refractivity contribution in [3.8, 4) is 22.3 Å². The van der Waals surface area contributed by atoms with Gasteiger partial charge in [-0.15, -0.1) is 0 Å². The molecule has 0 saturated carbocycles. The van der Waals surface area contributed by atoms with Gasteiger partial charge in [-0.05, 0) is 58.6 Å². The quantitative estimate of drug-likeness (QED) is 0.657. The van der Waals surface area contributed by atoms with Crippen molar-refractivity contribution in [3.05, 3.63) is 80.4 Å². The van der Waals surface area contributed by atoms with Crippen LogP contribution in [0.25, 0.3) is 22.3 Å². The Kier molecular flexibility index (Phi) is 4.18. The van der Waals surface area contributed by atoms with E-state index in [0.717, 1.165) is 28.1 Å². The first-order valence-electron chi connectivity index (χ1n) is 7.22. The van der Waals surface area contributed by atoms with Crippen LogP contribution in [0.4, 0.5) is 4.39 Å². The minimum absolute atomic E-state index is 0.0201. The van der Waals surface area contributed by atoms with E-state index in [1.54, 1.807) is 12.1 Å². The zero-order valence-electron chi connectivity index (χ0n) is 12.8. The highest BCUT2D eigenvalue weighted by molar-refractivity contribution is 9.10. The van der Waals surface area contributed by atoms with Gasteiger partial charge >= 0.3 is 0 Å². The highest BCUT2D eigenvalue weighted by Crippen LogP contribution is 2.26. The van der Waals surface area contributed by atoms with E-state index in [1.165, 1.54) is 12.1 Å². The largest absolute Gasteiger partial charge is 0.361 e. The Bertz CT molecular complexity index is 912. The number of H-pyrrole nitrogens is 1. The molecule has 1 N–H and O–H groups in total. The number of aromatic amines is 1. The molecule has 0 radical (unpaired) electrons. The maximum atomic E-state index is 13.0. The van der Waals surface area contributed by atoms with E-state index in [9.17, 15) is 9.18 Å². The molecule has 3 aromatic rings. The Morgan fingerprint density at radius 2 is 1.30 bits per heavy atom. The molecule has 2 nitrogen and oxygen atoms in total. The molecule has 1 aromatic heterocycles. The fraction of sp³-hybridized carbons (Fsp3) is 0.105. The van der Waals surface area contributed by atoms with Crippen molar-refractivity contribution in [2.75, 3.05) is 0 Å². The average Bonchev–Trinajstić information content (AvgIpc) is 2.54. The number of rotatable bonds is 2. The Hall–Kier alpha value is -2.20. The molecule has 0 aliphatic heterocycles. The summed E-state index contributed by atoms with van der Waals surface area (Å²) < 4.78 is 13.6. The number of aryl methyl sites for hydroxylation is 2. The summed E-state index contributed by atoms with van der Waals surface area (Å²) in [5.74, 6) is -0.253. The van der Waals surface area contributed by atoms with Crippen molar-refractivity contribution in [3.63, 3.8) is 0 Å². The topological polar surface area (TPSA) is 32.9 Å². The van der Waals surface area contributed by atoms with Crippen LogP contribution in [0, 0.1) is 19.7 Å². The van der Waals surface area contributed by atoms with Crippen LogP contribution in [-0.4, -0.2) is 4.98 Å². The first kappa shape index (κ1) is 15.7. The molecule has 0 bridgehead atoms. The molecule has 0 saturated heterocycles. The summed E-state index contributed by atoms with van der Waals surface area (Å²) in [6.45, 7) is 3.75. The average molecular weight is 372 g/mol. The lowest BCUT2D eigenvalue weighted by atomic mass is 9.99. The maximum Gasteiger partial charge on any atom is 0.204 e. The lowest BCUT2D eigenvalue weighted by Gasteiger charge is -2.10. The number of halogens is 2. The third-order valence-corrected chi connectivity index (χ3v) is 4.81. The maximum absolute atomic E-state index is 13.0. The van der Waals surface area contributed by atoms with E-state index in [4.69, 9.17) is 0 Å². The van der Waals surface area contributed by atoms with Gasteiger partial charge in [0.2, 0.25) is 5.43 Å². The molecular weight excluding hydrogens is 357 g/mol. The predicted molar refractivity (Wildman–Crippen MR) is 95.1 cm³/mol. The van der Waals surface area contributed by atoms with Gasteiger partial charge in [-0.3, -0.25) is 4.79 Å². The second-order valence-electron chi connectivity index (χ2n) is 5.48. The van der Waals surface area contributed by atoms with E-state index < -0.39 is 0 Å². The van der Waals surface area contributed by atoms with Crippen molar-refractivity contribution in [2.24, 2.45) is 0 Å².